The van der Waals surface area contributed by atoms with Gasteiger partial charge < -0.3 is 10.3 Å². The number of H-pyrrole nitrogens is 1. The van der Waals surface area contributed by atoms with Crippen LogP contribution >= 0.6 is 0 Å². The van der Waals surface area contributed by atoms with Gasteiger partial charge in [0.05, 0.1) is 6.04 Å². The highest BCUT2D eigenvalue weighted by Gasteiger charge is 2.17. The number of imidazole rings is 1. The summed E-state index contributed by atoms with van der Waals surface area (Å²) >= 11 is 0. The molecule has 2 rings (SSSR count). The van der Waals surface area contributed by atoms with E-state index in [-0.39, 0.29) is 11.9 Å². The van der Waals surface area contributed by atoms with Gasteiger partial charge in [-0.2, -0.15) is 5.10 Å². The molecule has 6 heteroatoms. The number of nitrogens with one attached hydrogen (secondary N) is 2. The molecule has 1 unspecified atom stereocenters. The Labute approximate surface area is 99.1 Å². The Morgan fingerprint density at radius 1 is 1.65 bits per heavy atom. The largest absolute Gasteiger partial charge is 0.347 e. The van der Waals surface area contributed by atoms with Crippen LogP contribution in [0.25, 0.3) is 0 Å². The summed E-state index contributed by atoms with van der Waals surface area (Å²) in [4.78, 5) is 19.0. The third-order valence-electron chi connectivity index (χ3n) is 2.51. The number of carbonyl (C=O) groups is 1. The first-order chi connectivity index (χ1) is 8.20. The van der Waals surface area contributed by atoms with Crippen LogP contribution in [-0.2, 0) is 7.05 Å². The summed E-state index contributed by atoms with van der Waals surface area (Å²) in [6.07, 6.45) is 5.92. The minimum absolute atomic E-state index is 0.112. The third kappa shape index (κ3) is 2.52. The summed E-state index contributed by atoms with van der Waals surface area (Å²) in [7, 11) is 1.78. The second-order valence-corrected chi connectivity index (χ2v) is 3.78. The van der Waals surface area contributed by atoms with Crippen molar-refractivity contribution < 1.29 is 4.79 Å². The molecule has 2 aromatic rings. The number of amides is 1. The average Bonchev–Trinajstić information content (AvgIpc) is 2.96. The van der Waals surface area contributed by atoms with Crippen molar-refractivity contribution in [3.8, 4) is 0 Å². The van der Waals surface area contributed by atoms with Gasteiger partial charge in [0.2, 0.25) is 0 Å². The monoisotopic (exact) mass is 233 g/mol. The minimum Gasteiger partial charge on any atom is -0.347 e. The highest BCUT2D eigenvalue weighted by atomic mass is 16.2. The van der Waals surface area contributed by atoms with E-state index in [0.717, 1.165) is 12.2 Å². The van der Waals surface area contributed by atoms with Gasteiger partial charge in [0.25, 0.3) is 5.91 Å². The zero-order valence-corrected chi connectivity index (χ0v) is 9.84. The molecule has 17 heavy (non-hydrogen) atoms. The second-order valence-electron chi connectivity index (χ2n) is 3.78. The summed E-state index contributed by atoms with van der Waals surface area (Å²) in [5.74, 6) is 0.575. The molecule has 90 valence electrons. The van der Waals surface area contributed by atoms with E-state index in [4.69, 9.17) is 0 Å². The van der Waals surface area contributed by atoms with Crippen molar-refractivity contribution in [2.45, 2.75) is 19.4 Å². The van der Waals surface area contributed by atoms with Crippen molar-refractivity contribution in [3.05, 3.63) is 36.2 Å². The molecule has 0 aromatic carbocycles. The van der Waals surface area contributed by atoms with Gasteiger partial charge in [-0.25, -0.2) is 4.98 Å². The van der Waals surface area contributed by atoms with E-state index < -0.39 is 0 Å². The summed E-state index contributed by atoms with van der Waals surface area (Å²) in [6, 6.07) is 1.57. The maximum Gasteiger partial charge on any atom is 0.272 e. The summed E-state index contributed by atoms with van der Waals surface area (Å²) in [5, 5.41) is 6.94. The summed E-state index contributed by atoms with van der Waals surface area (Å²) in [5.41, 5.74) is 0.414. The molecule has 0 bridgehead atoms. The first kappa shape index (κ1) is 11.4. The Hall–Kier alpha value is -2.11. The zero-order valence-electron chi connectivity index (χ0n) is 9.84. The maximum absolute atomic E-state index is 11.9. The SMILES string of the molecule is CCC(NC(=O)c1ccn(C)n1)c1ncc[nH]1. The quantitative estimate of drug-likeness (QED) is 0.828. The van der Waals surface area contributed by atoms with E-state index in [1.165, 1.54) is 0 Å². The van der Waals surface area contributed by atoms with Crippen LogP contribution in [0, 0.1) is 0 Å². The molecule has 0 aliphatic carbocycles. The van der Waals surface area contributed by atoms with Crippen molar-refractivity contribution in [3.63, 3.8) is 0 Å². The Morgan fingerprint density at radius 3 is 3.00 bits per heavy atom. The van der Waals surface area contributed by atoms with Crippen LogP contribution in [0.3, 0.4) is 0 Å². The van der Waals surface area contributed by atoms with Crippen LogP contribution in [0.15, 0.2) is 24.7 Å². The molecule has 1 atom stereocenters. The van der Waals surface area contributed by atoms with Crippen LogP contribution in [0.2, 0.25) is 0 Å². The number of nitrogens with zero attached hydrogens (tertiary/aromatic N) is 3. The summed E-state index contributed by atoms with van der Waals surface area (Å²) < 4.78 is 1.60. The van der Waals surface area contributed by atoms with Crippen molar-refractivity contribution in [1.82, 2.24) is 25.1 Å². The van der Waals surface area contributed by atoms with E-state index >= 15 is 0 Å². The fourth-order valence-corrected chi connectivity index (χ4v) is 1.60. The topological polar surface area (TPSA) is 75.6 Å². The molecular formula is C11H15N5O. The molecule has 0 fully saturated rings. The fourth-order valence-electron chi connectivity index (χ4n) is 1.60. The Bertz CT molecular complexity index is 488. The van der Waals surface area contributed by atoms with E-state index in [2.05, 4.69) is 20.4 Å². The Morgan fingerprint density at radius 2 is 2.47 bits per heavy atom. The van der Waals surface area contributed by atoms with Crippen molar-refractivity contribution in [1.29, 1.82) is 0 Å². The van der Waals surface area contributed by atoms with Crippen molar-refractivity contribution in [2.24, 2.45) is 7.05 Å². The molecule has 0 radical (unpaired) electrons. The lowest BCUT2D eigenvalue weighted by Crippen LogP contribution is -2.29. The van der Waals surface area contributed by atoms with Gasteiger partial charge >= 0.3 is 0 Å². The van der Waals surface area contributed by atoms with Crippen LogP contribution in [-0.4, -0.2) is 25.7 Å². The molecule has 0 saturated carbocycles. The van der Waals surface area contributed by atoms with Gasteiger partial charge in [0.15, 0.2) is 0 Å². The van der Waals surface area contributed by atoms with Gasteiger partial charge in [-0.1, -0.05) is 6.92 Å². The second kappa shape index (κ2) is 4.82. The molecular weight excluding hydrogens is 218 g/mol. The molecule has 2 aromatic heterocycles. The first-order valence-corrected chi connectivity index (χ1v) is 5.50. The number of aromatic nitrogens is 4. The number of hydrogen-bond acceptors (Lipinski definition) is 3. The Balaban J connectivity index is 2.07. The van der Waals surface area contributed by atoms with E-state index in [0.29, 0.717) is 5.69 Å². The van der Waals surface area contributed by atoms with Gasteiger partial charge in [0, 0.05) is 25.6 Å². The first-order valence-electron chi connectivity index (χ1n) is 5.50. The lowest BCUT2D eigenvalue weighted by Gasteiger charge is -2.13. The molecule has 2 heterocycles. The fraction of sp³-hybridized carbons (Fsp3) is 0.364. The Kier molecular flexibility index (Phi) is 3.22. The number of carbonyl (C=O) groups excluding carboxylic acids is 1. The third-order valence-corrected chi connectivity index (χ3v) is 2.51. The van der Waals surface area contributed by atoms with Crippen LogP contribution < -0.4 is 5.32 Å². The number of aryl methyl sites for hydroxylation is 1. The lowest BCUT2D eigenvalue weighted by atomic mass is 10.2. The number of rotatable bonds is 4. The van der Waals surface area contributed by atoms with E-state index in [9.17, 15) is 4.79 Å². The predicted octanol–water partition coefficient (Wildman–Crippen LogP) is 1.02. The minimum atomic E-state index is -0.186. The van der Waals surface area contributed by atoms with Crippen LogP contribution in [0.4, 0.5) is 0 Å². The molecule has 0 aliphatic heterocycles. The van der Waals surface area contributed by atoms with E-state index in [1.54, 1.807) is 36.4 Å². The normalized spacial score (nSPS) is 12.4. The molecule has 6 nitrogen and oxygen atoms in total. The molecule has 2 N–H and O–H groups in total. The highest BCUT2D eigenvalue weighted by Crippen LogP contribution is 2.11. The number of hydrogen-bond donors (Lipinski definition) is 2. The lowest BCUT2D eigenvalue weighted by molar-refractivity contribution is 0.0928. The molecule has 0 spiro atoms. The highest BCUT2D eigenvalue weighted by molar-refractivity contribution is 5.92. The van der Waals surface area contributed by atoms with Crippen LogP contribution in [0.1, 0.15) is 35.7 Å². The number of aromatic amines is 1. The molecule has 0 saturated heterocycles. The molecule has 0 aliphatic rings. The zero-order chi connectivity index (χ0) is 12.3. The smallest absolute Gasteiger partial charge is 0.272 e. The van der Waals surface area contributed by atoms with Gasteiger partial charge in [-0.15, -0.1) is 0 Å². The van der Waals surface area contributed by atoms with Crippen molar-refractivity contribution in [2.75, 3.05) is 0 Å². The van der Waals surface area contributed by atoms with Crippen molar-refractivity contribution >= 4 is 5.91 Å². The van der Waals surface area contributed by atoms with E-state index in [1.807, 2.05) is 6.92 Å². The van der Waals surface area contributed by atoms with Gasteiger partial charge in [0.1, 0.15) is 11.5 Å². The predicted molar refractivity (Wildman–Crippen MR) is 62.3 cm³/mol. The van der Waals surface area contributed by atoms with Gasteiger partial charge in [-0.05, 0) is 12.5 Å². The maximum atomic E-state index is 11.9. The standard InChI is InChI=1S/C11H15N5O/c1-3-8(10-12-5-6-13-10)14-11(17)9-4-7-16(2)15-9/h4-8H,3H2,1-2H3,(H,12,13)(H,14,17). The van der Waals surface area contributed by atoms with Gasteiger partial charge in [-0.3, -0.25) is 9.48 Å². The average molecular weight is 233 g/mol. The summed E-state index contributed by atoms with van der Waals surface area (Å²) in [6.45, 7) is 1.99. The van der Waals surface area contributed by atoms with Crippen LogP contribution in [0.5, 0.6) is 0 Å². The molecule has 1 amide bonds.